The highest BCUT2D eigenvalue weighted by molar-refractivity contribution is 6.00. The van der Waals surface area contributed by atoms with E-state index in [2.05, 4.69) is 32.3 Å². The molecular formula is C34H43N9O4. The first-order valence-electron chi connectivity index (χ1n) is 16.5. The Hall–Kier alpha value is -4.33. The SMILES string of the molecule is C[C@H]1COCCN1c1nc(-c2ccc(NC(=O)Nc3ccc(C(=O)N4CC[C@H](N(C)C)C4)cc3)cc2)nc(N2C3CCC2COC3)n1. The molecule has 3 aromatic rings. The average molecular weight is 642 g/mol. The number of fused-ring (bicyclic) bond motifs is 2. The second kappa shape index (κ2) is 13.4. The zero-order chi connectivity index (χ0) is 32.5. The van der Waals surface area contributed by atoms with Gasteiger partial charge in [-0.2, -0.15) is 15.0 Å². The van der Waals surface area contributed by atoms with Gasteiger partial charge in [-0.3, -0.25) is 4.79 Å². The van der Waals surface area contributed by atoms with Crippen molar-refractivity contribution in [3.05, 3.63) is 54.1 Å². The predicted molar refractivity (Wildman–Crippen MR) is 180 cm³/mol. The van der Waals surface area contributed by atoms with E-state index in [1.807, 2.05) is 43.3 Å². The summed E-state index contributed by atoms with van der Waals surface area (Å²) in [4.78, 5) is 49.2. The van der Waals surface area contributed by atoms with Crippen LogP contribution in [-0.4, -0.2) is 121 Å². The Balaban J connectivity index is 1.02. The summed E-state index contributed by atoms with van der Waals surface area (Å²) in [5, 5.41) is 5.75. The minimum atomic E-state index is -0.376. The van der Waals surface area contributed by atoms with Crippen LogP contribution in [0, 0.1) is 0 Å². The highest BCUT2D eigenvalue weighted by Gasteiger charge is 2.40. The Bertz CT molecular complexity index is 1570. The topological polar surface area (TPSA) is 128 Å². The van der Waals surface area contributed by atoms with Crippen LogP contribution in [0.25, 0.3) is 11.4 Å². The lowest BCUT2D eigenvalue weighted by atomic mass is 10.2. The molecule has 13 heteroatoms. The van der Waals surface area contributed by atoms with Gasteiger partial charge in [0, 0.05) is 48.2 Å². The summed E-state index contributed by atoms with van der Waals surface area (Å²) < 4.78 is 11.5. The largest absolute Gasteiger partial charge is 0.377 e. The number of carbonyl (C=O) groups excluding carboxylic acids is 2. The summed E-state index contributed by atoms with van der Waals surface area (Å²) in [6.45, 7) is 6.93. The fourth-order valence-corrected chi connectivity index (χ4v) is 6.93. The van der Waals surface area contributed by atoms with E-state index in [-0.39, 0.29) is 30.1 Å². The van der Waals surface area contributed by atoms with Crippen molar-refractivity contribution in [3.8, 4) is 11.4 Å². The van der Waals surface area contributed by atoms with Gasteiger partial charge in [-0.15, -0.1) is 0 Å². The quantitative estimate of drug-likeness (QED) is 0.395. The van der Waals surface area contributed by atoms with Crippen LogP contribution in [0.5, 0.6) is 0 Å². The molecule has 4 saturated heterocycles. The number of nitrogens with one attached hydrogen (secondary N) is 2. The third kappa shape index (κ3) is 6.74. The van der Waals surface area contributed by atoms with Crippen molar-refractivity contribution in [2.75, 3.05) is 80.6 Å². The molecule has 0 spiro atoms. The first kappa shape index (κ1) is 31.3. The van der Waals surface area contributed by atoms with E-state index in [1.54, 1.807) is 24.3 Å². The van der Waals surface area contributed by atoms with Gasteiger partial charge in [0.15, 0.2) is 5.82 Å². The molecule has 2 bridgehead atoms. The molecule has 13 nitrogen and oxygen atoms in total. The number of benzene rings is 2. The number of morpholine rings is 2. The van der Waals surface area contributed by atoms with Crippen molar-refractivity contribution in [1.82, 2.24) is 24.8 Å². The Morgan fingerprint density at radius 2 is 1.47 bits per heavy atom. The Morgan fingerprint density at radius 3 is 2.11 bits per heavy atom. The lowest BCUT2D eigenvalue weighted by Crippen LogP contribution is -2.48. The molecule has 2 N–H and O–H groups in total. The van der Waals surface area contributed by atoms with Gasteiger partial charge >= 0.3 is 6.03 Å². The van der Waals surface area contributed by atoms with E-state index in [1.165, 1.54) is 0 Å². The monoisotopic (exact) mass is 641 g/mol. The van der Waals surface area contributed by atoms with Gasteiger partial charge in [0.05, 0.1) is 44.6 Å². The van der Waals surface area contributed by atoms with Crippen LogP contribution >= 0.6 is 0 Å². The van der Waals surface area contributed by atoms with Gasteiger partial charge in [-0.1, -0.05) is 0 Å². The number of likely N-dealkylation sites (tertiary alicyclic amines) is 1. The fraction of sp³-hybridized carbons (Fsp3) is 0.500. The zero-order valence-corrected chi connectivity index (χ0v) is 27.3. The van der Waals surface area contributed by atoms with E-state index in [4.69, 9.17) is 24.4 Å². The van der Waals surface area contributed by atoms with Gasteiger partial charge in [-0.25, -0.2) is 4.79 Å². The van der Waals surface area contributed by atoms with Crippen LogP contribution in [-0.2, 0) is 9.47 Å². The second-order valence-electron chi connectivity index (χ2n) is 13.1. The number of aromatic nitrogens is 3. The number of ether oxygens (including phenoxy) is 2. The number of urea groups is 1. The van der Waals surface area contributed by atoms with Crippen molar-refractivity contribution >= 4 is 35.2 Å². The predicted octanol–water partition coefficient (Wildman–Crippen LogP) is 3.55. The van der Waals surface area contributed by atoms with E-state index in [0.717, 1.165) is 37.9 Å². The van der Waals surface area contributed by atoms with Gasteiger partial charge in [-0.05, 0) is 88.8 Å². The third-order valence-electron chi connectivity index (χ3n) is 9.68. The standard InChI is InChI=1S/C34H43N9O4/c1-22-19-46-17-16-42(22)32-37-30(38-33(39-32)43-28-12-13-29(43)21-47-20-28)23-4-8-25(9-5-23)35-34(45)36-26-10-6-24(7-11-26)31(44)41-15-14-27(18-41)40(2)3/h4-11,22,27-29H,12-21H2,1-3H3,(H2,35,36,45)/t22-,27-,28?,29?/m0/s1. The van der Waals surface area contributed by atoms with E-state index in [0.29, 0.717) is 73.7 Å². The number of nitrogens with zero attached hydrogens (tertiary/aromatic N) is 7. The van der Waals surface area contributed by atoms with Crippen LogP contribution in [0.3, 0.4) is 0 Å². The molecule has 2 unspecified atom stereocenters. The number of amides is 3. The van der Waals surface area contributed by atoms with Crippen molar-refractivity contribution < 1.29 is 19.1 Å². The minimum Gasteiger partial charge on any atom is -0.377 e. The lowest BCUT2D eigenvalue weighted by Gasteiger charge is -2.36. The molecule has 0 aliphatic carbocycles. The van der Waals surface area contributed by atoms with Crippen molar-refractivity contribution in [1.29, 1.82) is 0 Å². The zero-order valence-electron chi connectivity index (χ0n) is 27.3. The maximum Gasteiger partial charge on any atom is 0.323 e. The van der Waals surface area contributed by atoms with Gasteiger partial charge < -0.3 is 39.7 Å². The molecule has 4 aliphatic heterocycles. The smallest absolute Gasteiger partial charge is 0.323 e. The fourth-order valence-electron chi connectivity index (χ4n) is 6.93. The minimum absolute atomic E-state index is 0.0135. The number of anilines is 4. The van der Waals surface area contributed by atoms with E-state index in [9.17, 15) is 9.59 Å². The molecule has 4 fully saturated rings. The van der Waals surface area contributed by atoms with Crippen molar-refractivity contribution in [2.45, 2.75) is 50.4 Å². The van der Waals surface area contributed by atoms with Gasteiger partial charge in [0.1, 0.15) is 0 Å². The molecule has 4 aliphatic rings. The highest BCUT2D eigenvalue weighted by Crippen LogP contribution is 2.34. The molecule has 7 rings (SSSR count). The number of hydrogen-bond acceptors (Lipinski definition) is 10. The first-order chi connectivity index (χ1) is 22.8. The summed E-state index contributed by atoms with van der Waals surface area (Å²) in [5.74, 6) is 1.94. The van der Waals surface area contributed by atoms with Crippen LogP contribution in [0.4, 0.5) is 28.1 Å². The molecule has 5 heterocycles. The summed E-state index contributed by atoms with van der Waals surface area (Å²) in [6, 6.07) is 15.2. The molecule has 0 radical (unpaired) electrons. The average Bonchev–Trinajstić information content (AvgIpc) is 3.67. The van der Waals surface area contributed by atoms with Crippen LogP contribution in [0.2, 0.25) is 0 Å². The Kier molecular flexibility index (Phi) is 8.93. The second-order valence-corrected chi connectivity index (χ2v) is 13.1. The van der Waals surface area contributed by atoms with Gasteiger partial charge in [0.2, 0.25) is 11.9 Å². The summed E-state index contributed by atoms with van der Waals surface area (Å²) >= 11 is 0. The number of carbonyl (C=O) groups is 2. The highest BCUT2D eigenvalue weighted by atomic mass is 16.5. The van der Waals surface area contributed by atoms with Crippen molar-refractivity contribution in [2.24, 2.45) is 0 Å². The lowest BCUT2D eigenvalue weighted by molar-refractivity contribution is 0.0783. The Labute approximate surface area is 275 Å². The summed E-state index contributed by atoms with van der Waals surface area (Å²) in [7, 11) is 4.09. The molecule has 3 amide bonds. The van der Waals surface area contributed by atoms with E-state index >= 15 is 0 Å². The third-order valence-corrected chi connectivity index (χ3v) is 9.68. The molecule has 0 saturated carbocycles. The molecule has 4 atom stereocenters. The number of hydrogen-bond donors (Lipinski definition) is 2. The molecule has 2 aromatic carbocycles. The molecular weight excluding hydrogens is 598 g/mol. The van der Waals surface area contributed by atoms with Crippen LogP contribution < -0.4 is 20.4 Å². The molecule has 1 aromatic heterocycles. The Morgan fingerprint density at radius 1 is 0.809 bits per heavy atom. The molecule has 47 heavy (non-hydrogen) atoms. The summed E-state index contributed by atoms with van der Waals surface area (Å²) in [6.07, 6.45) is 3.10. The maximum absolute atomic E-state index is 12.9. The van der Waals surface area contributed by atoms with E-state index < -0.39 is 0 Å². The number of rotatable bonds is 7. The normalized spacial score (nSPS) is 24.1. The van der Waals surface area contributed by atoms with Gasteiger partial charge in [0.25, 0.3) is 5.91 Å². The summed E-state index contributed by atoms with van der Waals surface area (Å²) in [5.41, 5.74) is 2.67. The molecule has 248 valence electrons. The number of likely N-dealkylation sites (N-methyl/N-ethyl adjacent to an activating group) is 1. The first-order valence-corrected chi connectivity index (χ1v) is 16.5. The van der Waals surface area contributed by atoms with Crippen LogP contribution in [0.1, 0.15) is 36.5 Å². The maximum atomic E-state index is 12.9. The van der Waals surface area contributed by atoms with Crippen molar-refractivity contribution in [3.63, 3.8) is 0 Å². The van der Waals surface area contributed by atoms with Crippen LogP contribution in [0.15, 0.2) is 48.5 Å².